The molecule has 154 valence electrons. The summed E-state index contributed by atoms with van der Waals surface area (Å²) < 4.78 is 13.7. The smallest absolute Gasteiger partial charge is 0.298 e. The van der Waals surface area contributed by atoms with Gasteiger partial charge in [0, 0.05) is 61.9 Å². The number of morpholine rings is 1. The van der Waals surface area contributed by atoms with Crippen molar-refractivity contribution in [3.8, 4) is 0 Å². The molecule has 0 N–H and O–H groups in total. The Morgan fingerprint density at radius 2 is 1.80 bits per heavy atom. The van der Waals surface area contributed by atoms with Crippen molar-refractivity contribution >= 4 is 28.4 Å². The maximum atomic E-state index is 6.09. The number of pyridine rings is 1. The third kappa shape index (κ3) is 3.10. The number of oxazole rings is 1. The molecule has 0 atom stereocenters. The summed E-state index contributed by atoms with van der Waals surface area (Å²) >= 11 is 0. The Labute approximate surface area is 174 Å². The number of anilines is 2. The molecular formula is C23H25N5O2. The number of aromatic nitrogens is 3. The van der Waals surface area contributed by atoms with Crippen LogP contribution in [-0.4, -0.2) is 53.8 Å². The highest BCUT2D eigenvalue weighted by molar-refractivity contribution is 5.79. The van der Waals surface area contributed by atoms with Crippen molar-refractivity contribution in [1.82, 2.24) is 14.4 Å². The van der Waals surface area contributed by atoms with E-state index in [1.54, 1.807) is 0 Å². The number of nitrogens with zero attached hydrogens (tertiary/aromatic N) is 5. The summed E-state index contributed by atoms with van der Waals surface area (Å²) in [5, 5.41) is 0. The van der Waals surface area contributed by atoms with Gasteiger partial charge in [0.05, 0.1) is 13.2 Å². The van der Waals surface area contributed by atoms with Crippen LogP contribution in [0.4, 0.5) is 11.7 Å². The number of ether oxygens (including phenoxy) is 1. The van der Waals surface area contributed by atoms with E-state index < -0.39 is 0 Å². The van der Waals surface area contributed by atoms with Crippen LogP contribution >= 0.6 is 0 Å². The van der Waals surface area contributed by atoms with Gasteiger partial charge in [-0.3, -0.25) is 0 Å². The fraction of sp³-hybridized carbons (Fsp3) is 0.391. The van der Waals surface area contributed by atoms with Gasteiger partial charge in [-0.2, -0.15) is 4.98 Å². The summed E-state index contributed by atoms with van der Waals surface area (Å²) in [6.07, 6.45) is 6.41. The molecule has 0 radical (unpaired) electrons. The molecular weight excluding hydrogens is 378 g/mol. The topological polar surface area (TPSA) is 59.0 Å². The van der Waals surface area contributed by atoms with Crippen LogP contribution in [0, 0.1) is 0 Å². The highest BCUT2D eigenvalue weighted by Gasteiger charge is 2.24. The molecule has 0 bridgehead atoms. The number of rotatable bonds is 3. The minimum atomic E-state index is 0.542. The van der Waals surface area contributed by atoms with Crippen molar-refractivity contribution in [1.29, 1.82) is 0 Å². The van der Waals surface area contributed by atoms with E-state index in [1.165, 1.54) is 11.4 Å². The number of piperidine rings is 1. The van der Waals surface area contributed by atoms with Gasteiger partial charge in [0.2, 0.25) is 0 Å². The van der Waals surface area contributed by atoms with Crippen LogP contribution in [0.1, 0.15) is 24.5 Å². The maximum Gasteiger partial charge on any atom is 0.298 e. The standard InChI is InChI=1S/C23H25N5O2/c1-2-8-28-20(16-24-22(28)3-1)17-6-9-26(10-7-17)18-4-5-19-21(15-18)30-23(25-19)27-11-13-29-14-12-27/h1-5,8,15-17H,6-7,9-14H2. The van der Waals surface area contributed by atoms with Gasteiger partial charge in [0.25, 0.3) is 6.01 Å². The van der Waals surface area contributed by atoms with E-state index in [-0.39, 0.29) is 0 Å². The Morgan fingerprint density at radius 1 is 0.933 bits per heavy atom. The second kappa shape index (κ2) is 7.32. The third-order valence-electron chi connectivity index (χ3n) is 6.37. The van der Waals surface area contributed by atoms with Crippen LogP contribution < -0.4 is 9.80 Å². The average molecular weight is 403 g/mol. The molecule has 0 spiro atoms. The predicted molar refractivity (Wildman–Crippen MR) is 116 cm³/mol. The maximum absolute atomic E-state index is 6.09. The second-order valence-corrected chi connectivity index (χ2v) is 8.12. The fourth-order valence-corrected chi connectivity index (χ4v) is 4.68. The van der Waals surface area contributed by atoms with Crippen LogP contribution in [0.15, 0.2) is 53.2 Å². The number of hydrogen-bond donors (Lipinski definition) is 0. The highest BCUT2D eigenvalue weighted by atomic mass is 16.5. The third-order valence-corrected chi connectivity index (χ3v) is 6.37. The molecule has 30 heavy (non-hydrogen) atoms. The fourth-order valence-electron chi connectivity index (χ4n) is 4.68. The number of imidazole rings is 1. The van der Waals surface area contributed by atoms with Crippen molar-refractivity contribution in [2.75, 3.05) is 49.2 Å². The number of fused-ring (bicyclic) bond motifs is 2. The van der Waals surface area contributed by atoms with E-state index in [9.17, 15) is 0 Å². The zero-order valence-corrected chi connectivity index (χ0v) is 16.9. The normalized spacial score (nSPS) is 18.5. The van der Waals surface area contributed by atoms with Gasteiger partial charge in [0.15, 0.2) is 5.58 Å². The molecule has 2 aliphatic heterocycles. The molecule has 0 aliphatic carbocycles. The second-order valence-electron chi connectivity index (χ2n) is 8.12. The van der Waals surface area contributed by atoms with Crippen LogP contribution in [0.5, 0.6) is 0 Å². The van der Waals surface area contributed by atoms with Gasteiger partial charge in [-0.1, -0.05) is 6.07 Å². The first kappa shape index (κ1) is 17.8. The molecule has 6 rings (SSSR count). The van der Waals surface area contributed by atoms with Crippen molar-refractivity contribution < 1.29 is 9.15 Å². The van der Waals surface area contributed by atoms with Crippen molar-refractivity contribution in [2.45, 2.75) is 18.8 Å². The molecule has 7 nitrogen and oxygen atoms in total. The Kier molecular flexibility index (Phi) is 4.34. The van der Waals surface area contributed by atoms with E-state index in [0.717, 1.165) is 69.0 Å². The molecule has 7 heteroatoms. The van der Waals surface area contributed by atoms with Gasteiger partial charge in [0.1, 0.15) is 11.2 Å². The number of hydrogen-bond acceptors (Lipinski definition) is 6. The Hall–Kier alpha value is -3.06. The Bertz CT molecular complexity index is 1170. The molecule has 2 fully saturated rings. The Morgan fingerprint density at radius 3 is 2.67 bits per heavy atom. The zero-order valence-electron chi connectivity index (χ0n) is 16.9. The molecule has 3 aromatic heterocycles. The van der Waals surface area contributed by atoms with Gasteiger partial charge in [-0.05, 0) is 37.1 Å². The van der Waals surface area contributed by atoms with E-state index in [2.05, 4.69) is 60.7 Å². The summed E-state index contributed by atoms with van der Waals surface area (Å²) in [6.45, 7) is 5.17. The summed E-state index contributed by atoms with van der Waals surface area (Å²) in [4.78, 5) is 13.8. The lowest BCUT2D eigenvalue weighted by Gasteiger charge is -2.33. The molecule has 2 saturated heterocycles. The average Bonchev–Trinajstić information content (AvgIpc) is 3.44. The van der Waals surface area contributed by atoms with Crippen molar-refractivity contribution in [3.63, 3.8) is 0 Å². The molecule has 0 unspecified atom stereocenters. The highest BCUT2D eigenvalue weighted by Crippen LogP contribution is 2.33. The SMILES string of the molecule is c1ccn2c(C3CCN(c4ccc5nc(N6CCOCC6)oc5c4)CC3)cnc2c1. The van der Waals surface area contributed by atoms with Gasteiger partial charge in [-0.25, -0.2) is 4.98 Å². The van der Waals surface area contributed by atoms with E-state index in [1.807, 2.05) is 12.3 Å². The summed E-state index contributed by atoms with van der Waals surface area (Å²) in [5.41, 5.74) is 5.34. The lowest BCUT2D eigenvalue weighted by Crippen LogP contribution is -2.36. The minimum Gasteiger partial charge on any atom is -0.423 e. The molecule has 0 saturated carbocycles. The van der Waals surface area contributed by atoms with Crippen LogP contribution in [-0.2, 0) is 4.74 Å². The van der Waals surface area contributed by atoms with E-state index >= 15 is 0 Å². The largest absolute Gasteiger partial charge is 0.423 e. The van der Waals surface area contributed by atoms with Crippen molar-refractivity contribution in [2.24, 2.45) is 0 Å². The molecule has 1 aromatic carbocycles. The molecule has 2 aliphatic rings. The van der Waals surface area contributed by atoms with Crippen LogP contribution in [0.2, 0.25) is 0 Å². The minimum absolute atomic E-state index is 0.542. The molecule has 5 heterocycles. The monoisotopic (exact) mass is 403 g/mol. The lowest BCUT2D eigenvalue weighted by atomic mass is 9.93. The summed E-state index contributed by atoms with van der Waals surface area (Å²) in [5.74, 6) is 0.542. The van der Waals surface area contributed by atoms with Gasteiger partial charge < -0.3 is 23.4 Å². The first-order valence-electron chi connectivity index (χ1n) is 10.8. The number of benzene rings is 1. The zero-order chi connectivity index (χ0) is 19.9. The molecule has 0 amide bonds. The lowest BCUT2D eigenvalue weighted by molar-refractivity contribution is 0.120. The van der Waals surface area contributed by atoms with Gasteiger partial charge >= 0.3 is 0 Å². The quantitative estimate of drug-likeness (QED) is 0.520. The van der Waals surface area contributed by atoms with Crippen molar-refractivity contribution in [3.05, 3.63) is 54.5 Å². The first-order chi connectivity index (χ1) is 14.8. The van der Waals surface area contributed by atoms with Crippen LogP contribution in [0.3, 0.4) is 0 Å². The Balaban J connectivity index is 1.19. The van der Waals surface area contributed by atoms with Gasteiger partial charge in [-0.15, -0.1) is 0 Å². The molecule has 4 aromatic rings. The van der Waals surface area contributed by atoms with E-state index in [4.69, 9.17) is 9.15 Å². The van der Waals surface area contributed by atoms with E-state index in [0.29, 0.717) is 11.9 Å². The van der Waals surface area contributed by atoms with Crippen LogP contribution in [0.25, 0.3) is 16.7 Å². The summed E-state index contributed by atoms with van der Waals surface area (Å²) in [7, 11) is 0. The summed E-state index contributed by atoms with van der Waals surface area (Å²) in [6, 6.07) is 13.3. The predicted octanol–water partition coefficient (Wildman–Crippen LogP) is 3.70. The first-order valence-corrected chi connectivity index (χ1v) is 10.8.